The van der Waals surface area contributed by atoms with Gasteiger partial charge in [-0.15, -0.1) is 6.42 Å². The Morgan fingerprint density at radius 2 is 2.50 bits per heavy atom. The summed E-state index contributed by atoms with van der Waals surface area (Å²) in [6.07, 6.45) is 8.83. The molecule has 0 aromatic carbocycles. The van der Waals surface area contributed by atoms with Crippen molar-refractivity contribution in [2.45, 2.75) is 13.3 Å². The third-order valence-corrected chi connectivity index (χ3v) is 2.07. The second-order valence-electron chi connectivity index (χ2n) is 3.18. The van der Waals surface area contributed by atoms with Gasteiger partial charge in [-0.25, -0.2) is 0 Å². The molecule has 0 aromatic heterocycles. The zero-order chi connectivity index (χ0) is 9.19. The highest BCUT2D eigenvalue weighted by Gasteiger charge is 2.31. The molecule has 0 aromatic rings. The Hall–Kier alpha value is -1.54. The fourth-order valence-corrected chi connectivity index (χ4v) is 1.19. The first kappa shape index (κ1) is 8.56. The number of allylic oxidation sites excluding steroid dienone is 2. The summed E-state index contributed by atoms with van der Waals surface area (Å²) in [6, 6.07) is 1.95. The number of rotatable bonds is 0. The summed E-state index contributed by atoms with van der Waals surface area (Å²) in [6.45, 7) is 1.85. The van der Waals surface area contributed by atoms with Gasteiger partial charge < -0.3 is 0 Å². The predicted molar refractivity (Wildman–Crippen MR) is 44.8 cm³/mol. The highest BCUT2D eigenvalue weighted by molar-refractivity contribution is 5.94. The minimum absolute atomic E-state index is 0.134. The Balaban J connectivity index is 2.96. The molecule has 1 aliphatic carbocycles. The van der Waals surface area contributed by atoms with Crippen LogP contribution in [0.2, 0.25) is 0 Å². The van der Waals surface area contributed by atoms with E-state index < -0.39 is 11.3 Å². The normalized spacial score (nSPS) is 33.9. The van der Waals surface area contributed by atoms with Crippen molar-refractivity contribution in [3.05, 3.63) is 12.2 Å². The van der Waals surface area contributed by atoms with E-state index in [1.165, 1.54) is 6.08 Å². The third-order valence-electron chi connectivity index (χ3n) is 2.07. The van der Waals surface area contributed by atoms with E-state index in [2.05, 4.69) is 5.92 Å². The molecule has 0 amide bonds. The maximum Gasteiger partial charge on any atom is 0.172 e. The Labute approximate surface area is 71.9 Å². The molecular formula is C10H9NO. The van der Waals surface area contributed by atoms with Crippen LogP contribution in [0, 0.1) is 35.0 Å². The van der Waals surface area contributed by atoms with Gasteiger partial charge in [-0.05, 0) is 19.4 Å². The van der Waals surface area contributed by atoms with Crippen LogP contribution in [0.25, 0.3) is 0 Å². The van der Waals surface area contributed by atoms with E-state index in [4.69, 9.17) is 11.7 Å². The maximum absolute atomic E-state index is 11.1. The number of carbonyl (C=O) groups is 1. The minimum atomic E-state index is -0.559. The summed E-state index contributed by atoms with van der Waals surface area (Å²) in [5, 5.41) is 8.62. The number of hydrogen-bond acceptors (Lipinski definition) is 2. The van der Waals surface area contributed by atoms with Crippen molar-refractivity contribution < 1.29 is 4.79 Å². The van der Waals surface area contributed by atoms with Crippen LogP contribution in [0.1, 0.15) is 13.3 Å². The molecule has 2 heteroatoms. The van der Waals surface area contributed by atoms with Gasteiger partial charge in [0, 0.05) is 5.41 Å². The third kappa shape index (κ3) is 1.38. The monoisotopic (exact) mass is 159 g/mol. The lowest BCUT2D eigenvalue weighted by atomic mass is 9.76. The molecule has 0 saturated heterocycles. The lowest BCUT2D eigenvalue weighted by molar-refractivity contribution is -0.117. The highest BCUT2D eigenvalue weighted by Crippen LogP contribution is 2.31. The molecule has 0 radical (unpaired) electrons. The first-order valence-corrected chi connectivity index (χ1v) is 3.72. The standard InChI is InChI=1S/C10H9NO/c1-3-10(2)5-4-9(12)8(6-10)7-11/h1,4-5,8H,6H2,2H3. The van der Waals surface area contributed by atoms with E-state index >= 15 is 0 Å². The summed E-state index contributed by atoms with van der Waals surface area (Å²) in [5.41, 5.74) is -0.422. The molecule has 0 heterocycles. The van der Waals surface area contributed by atoms with Gasteiger partial charge in [0.05, 0.1) is 6.07 Å². The van der Waals surface area contributed by atoms with Crippen molar-refractivity contribution in [2.75, 3.05) is 0 Å². The number of nitriles is 1. The molecule has 2 unspecified atom stereocenters. The van der Waals surface area contributed by atoms with Crippen LogP contribution in [0.4, 0.5) is 0 Å². The lowest BCUT2D eigenvalue weighted by Gasteiger charge is -2.24. The maximum atomic E-state index is 11.1. The molecule has 0 bridgehead atoms. The molecular weight excluding hydrogens is 150 g/mol. The molecule has 1 rings (SSSR count). The fourth-order valence-electron chi connectivity index (χ4n) is 1.19. The minimum Gasteiger partial charge on any atom is -0.293 e. The molecule has 2 atom stereocenters. The average molecular weight is 159 g/mol. The van der Waals surface area contributed by atoms with Gasteiger partial charge in [-0.3, -0.25) is 4.79 Å². The molecule has 0 fully saturated rings. The van der Waals surface area contributed by atoms with E-state index in [-0.39, 0.29) is 5.78 Å². The van der Waals surface area contributed by atoms with Crippen molar-refractivity contribution in [1.29, 1.82) is 5.26 Å². The molecule has 0 aliphatic heterocycles. The molecule has 60 valence electrons. The van der Waals surface area contributed by atoms with Gasteiger partial charge in [-0.2, -0.15) is 5.26 Å². The van der Waals surface area contributed by atoms with Gasteiger partial charge in [0.2, 0.25) is 0 Å². The van der Waals surface area contributed by atoms with Gasteiger partial charge in [0.1, 0.15) is 5.92 Å². The number of hydrogen-bond donors (Lipinski definition) is 0. The lowest BCUT2D eigenvalue weighted by Crippen LogP contribution is -2.25. The Kier molecular flexibility index (Phi) is 2.02. The van der Waals surface area contributed by atoms with E-state index in [1.54, 1.807) is 6.08 Å². The second kappa shape index (κ2) is 2.83. The quantitative estimate of drug-likeness (QED) is 0.500. The Morgan fingerprint density at radius 3 is 3.00 bits per heavy atom. The topological polar surface area (TPSA) is 40.9 Å². The van der Waals surface area contributed by atoms with Crippen molar-refractivity contribution >= 4 is 5.78 Å². The van der Waals surface area contributed by atoms with Gasteiger partial charge in [-0.1, -0.05) is 12.0 Å². The van der Waals surface area contributed by atoms with E-state index in [1.807, 2.05) is 13.0 Å². The summed E-state index contributed by atoms with van der Waals surface area (Å²) in [5.74, 6) is 1.88. The van der Waals surface area contributed by atoms with Gasteiger partial charge >= 0.3 is 0 Å². The van der Waals surface area contributed by atoms with Gasteiger partial charge in [0.15, 0.2) is 5.78 Å². The van der Waals surface area contributed by atoms with E-state index in [0.717, 1.165) is 0 Å². The van der Waals surface area contributed by atoms with E-state index in [9.17, 15) is 4.79 Å². The first-order valence-electron chi connectivity index (χ1n) is 3.72. The summed E-state index contributed by atoms with van der Waals surface area (Å²) >= 11 is 0. The highest BCUT2D eigenvalue weighted by atomic mass is 16.1. The molecule has 0 saturated carbocycles. The molecule has 0 N–H and O–H groups in total. The van der Waals surface area contributed by atoms with Crippen molar-refractivity contribution in [2.24, 2.45) is 11.3 Å². The zero-order valence-electron chi connectivity index (χ0n) is 6.87. The Morgan fingerprint density at radius 1 is 1.83 bits per heavy atom. The largest absolute Gasteiger partial charge is 0.293 e. The van der Waals surface area contributed by atoms with Crippen LogP contribution in [-0.2, 0) is 4.79 Å². The van der Waals surface area contributed by atoms with Crippen LogP contribution in [0.15, 0.2) is 12.2 Å². The van der Waals surface area contributed by atoms with E-state index in [0.29, 0.717) is 6.42 Å². The van der Waals surface area contributed by atoms with Crippen molar-refractivity contribution in [3.63, 3.8) is 0 Å². The number of carbonyl (C=O) groups excluding carboxylic acids is 1. The van der Waals surface area contributed by atoms with Crippen LogP contribution >= 0.6 is 0 Å². The van der Waals surface area contributed by atoms with Crippen molar-refractivity contribution in [3.8, 4) is 18.4 Å². The number of ketones is 1. The molecule has 2 nitrogen and oxygen atoms in total. The summed E-state index contributed by atoms with van der Waals surface area (Å²) in [4.78, 5) is 11.1. The summed E-state index contributed by atoms with van der Waals surface area (Å²) < 4.78 is 0. The first-order chi connectivity index (χ1) is 5.61. The SMILES string of the molecule is C#CC1(C)C=CC(=O)C(C#N)C1. The Bertz CT molecular complexity index is 316. The predicted octanol–water partition coefficient (Wildman–Crippen LogP) is 1.29. The van der Waals surface area contributed by atoms with Crippen LogP contribution < -0.4 is 0 Å². The molecule has 0 spiro atoms. The van der Waals surface area contributed by atoms with Crippen molar-refractivity contribution in [1.82, 2.24) is 0 Å². The number of nitrogens with zero attached hydrogens (tertiary/aromatic N) is 1. The van der Waals surface area contributed by atoms with Crippen LogP contribution in [-0.4, -0.2) is 5.78 Å². The smallest absolute Gasteiger partial charge is 0.172 e. The van der Waals surface area contributed by atoms with Crippen LogP contribution in [0.3, 0.4) is 0 Å². The number of terminal acetylenes is 1. The average Bonchev–Trinajstić information content (AvgIpc) is 2.10. The zero-order valence-corrected chi connectivity index (χ0v) is 6.87. The van der Waals surface area contributed by atoms with Gasteiger partial charge in [0.25, 0.3) is 0 Å². The van der Waals surface area contributed by atoms with Crippen LogP contribution in [0.5, 0.6) is 0 Å². The molecule has 1 aliphatic rings. The second-order valence-corrected chi connectivity index (χ2v) is 3.18. The molecule has 12 heavy (non-hydrogen) atoms. The summed E-state index contributed by atoms with van der Waals surface area (Å²) in [7, 11) is 0. The fraction of sp³-hybridized carbons (Fsp3) is 0.400.